The molecule has 1 heterocycles. The predicted octanol–water partition coefficient (Wildman–Crippen LogP) is 7.34. The van der Waals surface area contributed by atoms with Crippen LogP contribution in [0.2, 0.25) is 0 Å². The van der Waals surface area contributed by atoms with Crippen LogP contribution in [-0.2, 0) is 11.2 Å². The maximum atomic E-state index is 13.5. The van der Waals surface area contributed by atoms with Gasteiger partial charge in [0, 0.05) is 28.9 Å². The van der Waals surface area contributed by atoms with Gasteiger partial charge in [-0.3, -0.25) is 10.2 Å². The summed E-state index contributed by atoms with van der Waals surface area (Å²) in [5, 5.41) is 12.0. The van der Waals surface area contributed by atoms with Crippen molar-refractivity contribution in [1.29, 1.82) is 5.41 Å². The fourth-order valence-corrected chi connectivity index (χ4v) is 4.68. The van der Waals surface area contributed by atoms with Crippen molar-refractivity contribution in [3.8, 4) is 22.3 Å². The minimum absolute atomic E-state index is 0.0126. The predicted molar refractivity (Wildman–Crippen MR) is 157 cm³/mol. The quantitative estimate of drug-likeness (QED) is 0.127. The second-order valence-electron chi connectivity index (χ2n) is 9.54. The minimum atomic E-state index is -0.300. The van der Waals surface area contributed by atoms with Crippen molar-refractivity contribution in [2.75, 3.05) is 11.1 Å². The first kappa shape index (κ1) is 25.9. The second-order valence-corrected chi connectivity index (χ2v) is 9.54. The maximum absolute atomic E-state index is 13.5. The van der Waals surface area contributed by atoms with Gasteiger partial charge in [-0.2, -0.15) is 0 Å². The Bertz CT molecular complexity index is 1690. The summed E-state index contributed by atoms with van der Waals surface area (Å²) in [5.74, 6) is 0.0744. The number of hydrogen-bond acceptors (Lipinski definition) is 4. The number of benzene rings is 4. The Labute approximate surface area is 226 Å². The van der Waals surface area contributed by atoms with E-state index in [4.69, 9.17) is 16.1 Å². The molecule has 6 nitrogen and oxygen atoms in total. The monoisotopic (exact) mass is 519 g/mol. The number of aromatic nitrogens is 2. The van der Waals surface area contributed by atoms with Crippen molar-refractivity contribution in [2.24, 2.45) is 0 Å². The van der Waals surface area contributed by atoms with Crippen molar-refractivity contribution in [2.45, 2.75) is 33.1 Å². The molecule has 5 aromatic rings. The van der Waals surface area contributed by atoms with Crippen LogP contribution in [0.25, 0.3) is 33.3 Å². The molecular formula is C32H30FN5O. The van der Waals surface area contributed by atoms with Gasteiger partial charge in [0.25, 0.3) is 0 Å². The third-order valence-corrected chi connectivity index (χ3v) is 6.72. The van der Waals surface area contributed by atoms with E-state index in [0.717, 1.165) is 51.9 Å². The van der Waals surface area contributed by atoms with Crippen molar-refractivity contribution in [3.63, 3.8) is 0 Å². The number of amides is 1. The van der Waals surface area contributed by atoms with Gasteiger partial charge in [-0.05, 0) is 77.6 Å². The number of fused-ring (bicyclic) bond motifs is 1. The van der Waals surface area contributed by atoms with Crippen LogP contribution in [-0.4, -0.2) is 21.6 Å². The van der Waals surface area contributed by atoms with E-state index in [9.17, 15) is 9.18 Å². The molecule has 5 N–H and O–H groups in total. The molecule has 0 bridgehead atoms. The van der Waals surface area contributed by atoms with Crippen molar-refractivity contribution in [3.05, 3.63) is 102 Å². The summed E-state index contributed by atoms with van der Waals surface area (Å²) in [6.07, 6.45) is 2.07. The first-order valence-electron chi connectivity index (χ1n) is 13.0. The van der Waals surface area contributed by atoms with E-state index in [1.165, 1.54) is 12.1 Å². The zero-order valence-corrected chi connectivity index (χ0v) is 21.9. The number of imidazole rings is 1. The Morgan fingerprint density at radius 1 is 0.974 bits per heavy atom. The third-order valence-electron chi connectivity index (χ3n) is 6.72. The summed E-state index contributed by atoms with van der Waals surface area (Å²) in [7, 11) is 0. The number of halogens is 1. The average Bonchev–Trinajstić information content (AvgIpc) is 3.38. The van der Waals surface area contributed by atoms with E-state index in [1.54, 1.807) is 18.2 Å². The van der Waals surface area contributed by atoms with Crippen LogP contribution in [0.5, 0.6) is 0 Å². The van der Waals surface area contributed by atoms with Gasteiger partial charge in [-0.1, -0.05) is 50.2 Å². The van der Waals surface area contributed by atoms with Gasteiger partial charge in [0.2, 0.25) is 5.91 Å². The summed E-state index contributed by atoms with van der Waals surface area (Å²) in [4.78, 5) is 20.2. The number of hydrogen-bond donors (Lipinski definition) is 4. The number of aromatic amines is 1. The molecule has 4 aromatic carbocycles. The van der Waals surface area contributed by atoms with Crippen molar-refractivity contribution >= 4 is 34.0 Å². The lowest BCUT2D eigenvalue weighted by Crippen LogP contribution is -2.11. The van der Waals surface area contributed by atoms with Crippen LogP contribution in [0.3, 0.4) is 0 Å². The lowest BCUT2D eigenvalue weighted by atomic mass is 9.96. The molecule has 0 atom stereocenters. The number of rotatable bonds is 8. The summed E-state index contributed by atoms with van der Waals surface area (Å²) in [6, 6.07) is 23.6. The molecule has 0 saturated carbocycles. The lowest BCUT2D eigenvalue weighted by molar-refractivity contribution is -0.116. The Morgan fingerprint density at radius 2 is 1.74 bits per heavy atom. The highest BCUT2D eigenvalue weighted by atomic mass is 19.1. The first-order chi connectivity index (χ1) is 18.9. The normalized spacial score (nSPS) is 11.1. The number of anilines is 2. The standard InChI is InChI=1S/C32H30FN5O/c1-3-6-29(39)36-24-16-19(4-2)15-22(17-24)21-11-14-27(34)26(18-21)30(35)32-37-28-8-5-7-25(31(28)38-32)20-9-12-23(33)13-10-20/h5,7-18,35H,3-4,6,34H2,1-2H3,(H,36,39)(H,37,38). The van der Waals surface area contributed by atoms with Gasteiger partial charge in [0.05, 0.1) is 11.0 Å². The highest BCUT2D eigenvalue weighted by Gasteiger charge is 2.17. The van der Waals surface area contributed by atoms with E-state index < -0.39 is 0 Å². The number of carbonyl (C=O) groups excluding carboxylic acids is 1. The topological polar surface area (TPSA) is 108 Å². The average molecular weight is 520 g/mol. The summed E-state index contributed by atoms with van der Waals surface area (Å²) < 4.78 is 13.5. The Kier molecular flexibility index (Phi) is 7.23. The molecular weight excluding hydrogens is 489 g/mol. The van der Waals surface area contributed by atoms with Gasteiger partial charge < -0.3 is 16.0 Å². The van der Waals surface area contributed by atoms with Crippen LogP contribution in [0, 0.1) is 11.2 Å². The molecule has 1 aromatic heterocycles. The van der Waals surface area contributed by atoms with Crippen LogP contribution in [0.1, 0.15) is 43.6 Å². The zero-order chi connectivity index (χ0) is 27.5. The SMILES string of the molecule is CCCC(=O)Nc1cc(CC)cc(-c2ccc(N)c(C(=N)c3nc4c(-c5ccc(F)cc5)cccc4[nH]3)c2)c1. The van der Waals surface area contributed by atoms with Crippen LogP contribution < -0.4 is 11.1 Å². The molecule has 0 spiro atoms. The highest BCUT2D eigenvalue weighted by molar-refractivity contribution is 6.14. The fourth-order valence-electron chi connectivity index (χ4n) is 4.68. The maximum Gasteiger partial charge on any atom is 0.224 e. The molecule has 0 radical (unpaired) electrons. The lowest BCUT2D eigenvalue weighted by Gasteiger charge is -2.13. The summed E-state index contributed by atoms with van der Waals surface area (Å²) >= 11 is 0. The van der Waals surface area contributed by atoms with E-state index in [0.29, 0.717) is 29.0 Å². The van der Waals surface area contributed by atoms with Gasteiger partial charge in [0.15, 0.2) is 5.82 Å². The van der Waals surface area contributed by atoms with Gasteiger partial charge >= 0.3 is 0 Å². The Balaban J connectivity index is 1.52. The Morgan fingerprint density at radius 3 is 2.49 bits per heavy atom. The molecule has 0 fully saturated rings. The molecule has 7 heteroatoms. The fraction of sp³-hybridized carbons (Fsp3) is 0.156. The number of nitrogen functional groups attached to an aromatic ring is 1. The van der Waals surface area contributed by atoms with Gasteiger partial charge in [-0.25, -0.2) is 9.37 Å². The summed E-state index contributed by atoms with van der Waals surface area (Å²) in [5.41, 5.74) is 14.3. The number of aryl methyl sites for hydroxylation is 1. The van der Waals surface area contributed by atoms with Crippen LogP contribution in [0.15, 0.2) is 78.9 Å². The molecule has 0 aliphatic rings. The number of para-hydroxylation sites is 1. The smallest absolute Gasteiger partial charge is 0.224 e. The van der Waals surface area contributed by atoms with E-state index >= 15 is 0 Å². The van der Waals surface area contributed by atoms with Crippen LogP contribution >= 0.6 is 0 Å². The number of nitrogens with two attached hydrogens (primary N) is 1. The minimum Gasteiger partial charge on any atom is -0.398 e. The molecule has 39 heavy (non-hydrogen) atoms. The third kappa shape index (κ3) is 5.43. The molecule has 196 valence electrons. The van der Waals surface area contributed by atoms with E-state index in [1.807, 2.05) is 49.4 Å². The van der Waals surface area contributed by atoms with Gasteiger partial charge in [-0.15, -0.1) is 0 Å². The number of nitrogens with zero attached hydrogens (tertiary/aromatic N) is 1. The largest absolute Gasteiger partial charge is 0.398 e. The van der Waals surface area contributed by atoms with Gasteiger partial charge in [0.1, 0.15) is 11.5 Å². The number of carbonyl (C=O) groups is 1. The molecule has 5 rings (SSSR count). The van der Waals surface area contributed by atoms with Crippen molar-refractivity contribution in [1.82, 2.24) is 9.97 Å². The zero-order valence-electron chi connectivity index (χ0n) is 21.9. The van der Waals surface area contributed by atoms with Crippen molar-refractivity contribution < 1.29 is 9.18 Å². The molecule has 0 aliphatic heterocycles. The number of H-pyrrole nitrogens is 1. The Hall–Kier alpha value is -4.78. The second kappa shape index (κ2) is 10.9. The van der Waals surface area contributed by atoms with E-state index in [2.05, 4.69) is 23.3 Å². The molecule has 1 amide bonds. The number of nitrogens with one attached hydrogen (secondary N) is 3. The molecule has 0 saturated heterocycles. The first-order valence-corrected chi connectivity index (χ1v) is 13.0. The summed E-state index contributed by atoms with van der Waals surface area (Å²) in [6.45, 7) is 4.05. The van der Waals surface area contributed by atoms with E-state index in [-0.39, 0.29) is 17.4 Å². The highest BCUT2D eigenvalue weighted by Crippen LogP contribution is 2.31. The molecule has 0 aliphatic carbocycles. The van der Waals surface area contributed by atoms with Crippen LogP contribution in [0.4, 0.5) is 15.8 Å². The molecule has 0 unspecified atom stereocenters.